The average Bonchev–Trinajstić information content (AvgIpc) is 3.21. The van der Waals surface area contributed by atoms with Crippen molar-refractivity contribution in [2.24, 2.45) is 0 Å². The molecular formula is C24H26ClF3N2O. The average molecular weight is 451 g/mol. The maximum Gasteiger partial charge on any atom is 0.416 e. The van der Waals surface area contributed by atoms with E-state index >= 15 is 0 Å². The van der Waals surface area contributed by atoms with E-state index in [1.165, 1.54) is 11.6 Å². The normalized spacial score (nSPS) is 18.0. The molecule has 0 atom stereocenters. The maximum absolute atomic E-state index is 14.3. The van der Waals surface area contributed by atoms with Crippen LogP contribution in [0.4, 0.5) is 18.9 Å². The molecule has 1 aliphatic carbocycles. The molecule has 2 aliphatic rings. The lowest BCUT2D eigenvalue weighted by Gasteiger charge is -2.36. The van der Waals surface area contributed by atoms with Crippen LogP contribution in [0, 0.1) is 0 Å². The van der Waals surface area contributed by atoms with Gasteiger partial charge in [0.1, 0.15) is 0 Å². The highest BCUT2D eigenvalue weighted by atomic mass is 35.5. The van der Waals surface area contributed by atoms with Gasteiger partial charge in [-0.3, -0.25) is 4.79 Å². The monoisotopic (exact) mass is 450 g/mol. The first-order chi connectivity index (χ1) is 14.7. The van der Waals surface area contributed by atoms with Crippen molar-refractivity contribution in [3.8, 4) is 0 Å². The van der Waals surface area contributed by atoms with Gasteiger partial charge >= 0.3 is 6.18 Å². The van der Waals surface area contributed by atoms with Crippen molar-refractivity contribution in [1.82, 2.24) is 5.32 Å². The Hall–Kier alpha value is -2.21. The number of anilines is 1. The molecule has 0 spiro atoms. The molecular weight excluding hydrogens is 425 g/mol. The molecule has 1 amide bonds. The molecule has 1 heterocycles. The van der Waals surface area contributed by atoms with Gasteiger partial charge in [0.2, 0.25) is 5.91 Å². The third-order valence-corrected chi connectivity index (χ3v) is 6.81. The van der Waals surface area contributed by atoms with E-state index in [-0.39, 0.29) is 22.9 Å². The second-order valence-electron chi connectivity index (χ2n) is 8.48. The molecule has 31 heavy (non-hydrogen) atoms. The van der Waals surface area contributed by atoms with Gasteiger partial charge in [0.15, 0.2) is 0 Å². The second-order valence-corrected chi connectivity index (χ2v) is 8.89. The number of hydrogen-bond acceptors (Lipinski definition) is 2. The molecule has 1 saturated carbocycles. The molecule has 2 aromatic carbocycles. The summed E-state index contributed by atoms with van der Waals surface area (Å²) in [4.78, 5) is 14.1. The quantitative estimate of drug-likeness (QED) is 0.600. The van der Waals surface area contributed by atoms with E-state index in [1.54, 1.807) is 13.0 Å². The van der Waals surface area contributed by atoms with Crippen LogP contribution in [-0.4, -0.2) is 12.5 Å². The van der Waals surface area contributed by atoms with Gasteiger partial charge in [-0.1, -0.05) is 55.6 Å². The summed E-state index contributed by atoms with van der Waals surface area (Å²) in [5, 5.41) is 2.96. The van der Waals surface area contributed by atoms with E-state index in [2.05, 4.69) is 11.4 Å². The highest BCUT2D eigenvalue weighted by molar-refractivity contribution is 6.32. The summed E-state index contributed by atoms with van der Waals surface area (Å²) in [6, 6.07) is 10.8. The van der Waals surface area contributed by atoms with Gasteiger partial charge in [-0.05, 0) is 42.5 Å². The summed E-state index contributed by atoms with van der Waals surface area (Å²) in [6.45, 7) is 2.87. The summed E-state index contributed by atoms with van der Waals surface area (Å²) in [5.74, 6) is -0.261. The highest BCUT2D eigenvalue weighted by Crippen LogP contribution is 2.49. The Morgan fingerprint density at radius 1 is 1.16 bits per heavy atom. The van der Waals surface area contributed by atoms with Gasteiger partial charge in [0.05, 0.1) is 11.1 Å². The molecule has 1 aliphatic heterocycles. The molecule has 166 valence electrons. The summed E-state index contributed by atoms with van der Waals surface area (Å²) >= 11 is 6.58. The molecule has 7 heteroatoms. The molecule has 0 saturated heterocycles. The minimum Gasteiger partial charge on any atom is -0.367 e. The SMILES string of the molecule is CCC(=O)NC1(c2c(Cl)cc(N3CCc4ccccc4C3)cc2C(F)(F)F)CCCC1. The van der Waals surface area contributed by atoms with Gasteiger partial charge in [-0.15, -0.1) is 0 Å². The molecule has 0 bridgehead atoms. The number of nitrogens with zero attached hydrogens (tertiary/aromatic N) is 1. The number of benzene rings is 2. The third-order valence-electron chi connectivity index (χ3n) is 6.51. The number of hydrogen-bond donors (Lipinski definition) is 1. The van der Waals surface area contributed by atoms with E-state index in [0.717, 1.165) is 24.8 Å². The lowest BCUT2D eigenvalue weighted by molar-refractivity contribution is -0.139. The Balaban J connectivity index is 1.79. The fourth-order valence-electron chi connectivity index (χ4n) is 4.97. The van der Waals surface area contributed by atoms with Gasteiger partial charge in [0.25, 0.3) is 0 Å². The minimum absolute atomic E-state index is 0.0159. The molecule has 0 aromatic heterocycles. The first kappa shape index (κ1) is 22.0. The first-order valence-electron chi connectivity index (χ1n) is 10.8. The van der Waals surface area contributed by atoms with Crippen molar-refractivity contribution in [1.29, 1.82) is 0 Å². The lowest BCUT2D eigenvalue weighted by Crippen LogP contribution is -2.45. The van der Waals surface area contributed by atoms with E-state index in [4.69, 9.17) is 11.6 Å². The van der Waals surface area contributed by atoms with Crippen molar-refractivity contribution in [2.75, 3.05) is 11.4 Å². The zero-order chi connectivity index (χ0) is 22.2. The Labute approximate surface area is 185 Å². The fourth-order valence-corrected chi connectivity index (χ4v) is 5.37. The van der Waals surface area contributed by atoms with Crippen molar-refractivity contribution in [2.45, 2.75) is 63.7 Å². The molecule has 4 rings (SSSR count). The lowest BCUT2D eigenvalue weighted by atomic mass is 9.83. The van der Waals surface area contributed by atoms with Crippen molar-refractivity contribution in [3.63, 3.8) is 0 Å². The Bertz CT molecular complexity index is 983. The van der Waals surface area contributed by atoms with Gasteiger partial charge in [-0.25, -0.2) is 0 Å². The molecule has 2 aromatic rings. The van der Waals surface area contributed by atoms with Crippen LogP contribution < -0.4 is 10.2 Å². The number of halogens is 4. The van der Waals surface area contributed by atoms with E-state index in [9.17, 15) is 18.0 Å². The van der Waals surface area contributed by atoms with Crippen LogP contribution >= 0.6 is 11.6 Å². The predicted molar refractivity (Wildman–Crippen MR) is 116 cm³/mol. The van der Waals surface area contributed by atoms with Crippen LogP contribution in [0.2, 0.25) is 5.02 Å². The van der Waals surface area contributed by atoms with Crippen LogP contribution in [0.5, 0.6) is 0 Å². The second kappa shape index (κ2) is 8.38. The van der Waals surface area contributed by atoms with Crippen molar-refractivity contribution >= 4 is 23.2 Å². The zero-order valence-electron chi connectivity index (χ0n) is 17.5. The van der Waals surface area contributed by atoms with E-state index < -0.39 is 17.3 Å². The summed E-state index contributed by atoms with van der Waals surface area (Å²) < 4.78 is 42.8. The fraction of sp³-hybridized carbons (Fsp3) is 0.458. The molecule has 0 radical (unpaired) electrons. The standard InChI is InChI=1S/C24H26ClF3N2O/c1-2-21(31)29-23(10-5-6-11-23)22-19(24(26,27)28)13-18(14-20(22)25)30-12-9-16-7-3-4-8-17(16)15-30/h3-4,7-8,13-14H,2,5-6,9-12,15H2,1H3,(H,29,31). The molecule has 1 fully saturated rings. The molecule has 0 unspecified atom stereocenters. The van der Waals surface area contributed by atoms with Gasteiger partial charge in [0, 0.05) is 35.8 Å². The Morgan fingerprint density at radius 2 is 1.84 bits per heavy atom. The zero-order valence-corrected chi connectivity index (χ0v) is 18.2. The smallest absolute Gasteiger partial charge is 0.367 e. The first-order valence-corrected chi connectivity index (χ1v) is 11.2. The van der Waals surface area contributed by atoms with Crippen LogP contribution in [0.15, 0.2) is 36.4 Å². The van der Waals surface area contributed by atoms with Gasteiger partial charge < -0.3 is 10.2 Å². The maximum atomic E-state index is 14.3. The number of rotatable bonds is 4. The van der Waals surface area contributed by atoms with Crippen LogP contribution in [0.25, 0.3) is 0 Å². The predicted octanol–water partition coefficient (Wildman–Crippen LogP) is 6.22. The topological polar surface area (TPSA) is 32.3 Å². The number of amides is 1. The largest absolute Gasteiger partial charge is 0.416 e. The Kier molecular flexibility index (Phi) is 5.95. The summed E-state index contributed by atoms with van der Waals surface area (Å²) in [7, 11) is 0. The highest BCUT2D eigenvalue weighted by Gasteiger charge is 2.46. The van der Waals surface area contributed by atoms with E-state index in [1.807, 2.05) is 23.1 Å². The Morgan fingerprint density at radius 3 is 2.48 bits per heavy atom. The van der Waals surface area contributed by atoms with Crippen molar-refractivity contribution in [3.05, 3.63) is 63.7 Å². The molecule has 3 nitrogen and oxygen atoms in total. The number of nitrogens with one attached hydrogen (secondary N) is 1. The number of carbonyl (C=O) groups excluding carboxylic acids is 1. The van der Waals surface area contributed by atoms with Crippen LogP contribution in [-0.2, 0) is 29.5 Å². The van der Waals surface area contributed by atoms with Gasteiger partial charge in [-0.2, -0.15) is 13.2 Å². The summed E-state index contributed by atoms with van der Waals surface area (Å²) in [5.41, 5.74) is 1.01. The number of fused-ring (bicyclic) bond motifs is 1. The number of alkyl halides is 3. The minimum atomic E-state index is -4.57. The summed E-state index contributed by atoms with van der Waals surface area (Å²) in [6.07, 6.45) is -1.17. The van der Waals surface area contributed by atoms with Crippen molar-refractivity contribution < 1.29 is 18.0 Å². The third kappa shape index (κ3) is 4.27. The van der Waals surface area contributed by atoms with E-state index in [0.29, 0.717) is 31.6 Å². The molecule has 1 N–H and O–H groups in total. The number of carbonyl (C=O) groups is 1. The van der Waals surface area contributed by atoms with Crippen LogP contribution in [0.1, 0.15) is 61.3 Å². The van der Waals surface area contributed by atoms with Crippen LogP contribution in [0.3, 0.4) is 0 Å².